The van der Waals surface area contributed by atoms with Crippen molar-refractivity contribution in [3.05, 3.63) is 75.7 Å². The van der Waals surface area contributed by atoms with Gasteiger partial charge in [0.2, 0.25) is 0 Å². The molecule has 33 heavy (non-hydrogen) atoms. The molecule has 4 rings (SSSR count). The number of hydrogen-bond donors (Lipinski definition) is 3. The molecule has 0 saturated carbocycles. The number of carbonyl (C=O) groups is 2. The fourth-order valence-electron chi connectivity index (χ4n) is 3.75. The summed E-state index contributed by atoms with van der Waals surface area (Å²) in [5.41, 5.74) is 5.36. The van der Waals surface area contributed by atoms with Crippen molar-refractivity contribution < 1.29 is 23.8 Å². The quantitative estimate of drug-likeness (QED) is 0.471. The van der Waals surface area contributed by atoms with Crippen molar-refractivity contribution >= 4 is 34.8 Å². The van der Waals surface area contributed by atoms with Gasteiger partial charge in [0.25, 0.3) is 11.8 Å². The van der Waals surface area contributed by atoms with Crippen LogP contribution in [0.25, 0.3) is 0 Å². The number of hydrazone groups is 1. The second-order valence-corrected chi connectivity index (χ2v) is 7.99. The van der Waals surface area contributed by atoms with E-state index in [1.54, 1.807) is 25.1 Å². The molecule has 3 N–H and O–H groups in total. The third-order valence-electron chi connectivity index (χ3n) is 5.36. The van der Waals surface area contributed by atoms with E-state index in [9.17, 15) is 14.7 Å². The Labute approximate surface area is 195 Å². The zero-order chi connectivity index (χ0) is 23.5. The van der Waals surface area contributed by atoms with Crippen LogP contribution < -0.4 is 15.5 Å². The molecule has 0 saturated heterocycles. The summed E-state index contributed by atoms with van der Waals surface area (Å²) < 4.78 is 11.2. The smallest absolute Gasteiger partial charge is 0.291 e. The lowest BCUT2D eigenvalue weighted by atomic mass is 9.93. The van der Waals surface area contributed by atoms with Gasteiger partial charge in [0.1, 0.15) is 17.3 Å². The van der Waals surface area contributed by atoms with Crippen molar-refractivity contribution in [3.63, 3.8) is 0 Å². The number of nitrogens with zero attached hydrogens (tertiary/aromatic N) is 1. The number of carbonyl (C=O) groups excluding carboxylic acids is 2. The highest BCUT2D eigenvalue weighted by Crippen LogP contribution is 2.32. The average molecular weight is 468 g/mol. The minimum atomic E-state index is -0.435. The largest absolute Gasteiger partial charge is 0.508 e. The Bertz CT molecular complexity index is 1250. The van der Waals surface area contributed by atoms with E-state index in [-0.39, 0.29) is 11.5 Å². The standard InChI is InChI=1S/C24H22ClN3O5/c1-13-21-17(27-28-23(30)14-6-9-16(29)10-7-14)4-3-5-20(21)33-22(13)24(31)26-18-12-15(25)8-11-19(18)32-2/h6-12,29H,3-5H2,1-2H3,(H,26,31)(H,28,30)/b27-17+. The maximum Gasteiger partial charge on any atom is 0.291 e. The first-order valence-electron chi connectivity index (χ1n) is 10.3. The number of fused-ring (bicyclic) bond motifs is 1. The lowest BCUT2D eigenvalue weighted by Crippen LogP contribution is -2.22. The summed E-state index contributed by atoms with van der Waals surface area (Å²) in [7, 11) is 1.50. The molecule has 1 aliphatic carbocycles. The van der Waals surface area contributed by atoms with E-state index in [1.165, 1.54) is 31.4 Å². The molecule has 9 heteroatoms. The molecule has 3 aromatic rings. The number of hydrogen-bond acceptors (Lipinski definition) is 6. The van der Waals surface area contributed by atoms with Crippen LogP contribution in [0.5, 0.6) is 11.5 Å². The minimum Gasteiger partial charge on any atom is -0.508 e. The maximum absolute atomic E-state index is 13.0. The molecule has 0 atom stereocenters. The highest BCUT2D eigenvalue weighted by molar-refractivity contribution is 6.31. The summed E-state index contributed by atoms with van der Waals surface area (Å²) in [6, 6.07) is 10.8. The second kappa shape index (κ2) is 9.38. The van der Waals surface area contributed by atoms with Crippen molar-refractivity contribution in [3.8, 4) is 11.5 Å². The second-order valence-electron chi connectivity index (χ2n) is 7.55. The Morgan fingerprint density at radius 2 is 1.88 bits per heavy atom. The number of nitrogens with one attached hydrogen (secondary N) is 2. The zero-order valence-corrected chi connectivity index (χ0v) is 18.8. The van der Waals surface area contributed by atoms with Crippen molar-refractivity contribution in [1.29, 1.82) is 0 Å². The Balaban J connectivity index is 1.58. The molecule has 0 unspecified atom stereocenters. The average Bonchev–Trinajstić information content (AvgIpc) is 3.15. The molecule has 1 aromatic heterocycles. The van der Waals surface area contributed by atoms with E-state index in [0.717, 1.165) is 12.0 Å². The van der Waals surface area contributed by atoms with Crippen LogP contribution in [-0.4, -0.2) is 29.7 Å². The number of aryl methyl sites for hydroxylation is 1. The van der Waals surface area contributed by atoms with Gasteiger partial charge in [-0.05, 0) is 62.2 Å². The highest BCUT2D eigenvalue weighted by atomic mass is 35.5. The summed E-state index contributed by atoms with van der Waals surface area (Å²) in [5.74, 6) is 0.531. The van der Waals surface area contributed by atoms with Gasteiger partial charge in [-0.25, -0.2) is 5.43 Å². The molecule has 1 heterocycles. The number of benzene rings is 2. The summed E-state index contributed by atoms with van der Waals surface area (Å²) in [6.07, 6.45) is 2.07. The van der Waals surface area contributed by atoms with E-state index < -0.39 is 11.8 Å². The van der Waals surface area contributed by atoms with Crippen LogP contribution in [-0.2, 0) is 6.42 Å². The van der Waals surface area contributed by atoms with Crippen molar-refractivity contribution in [2.24, 2.45) is 5.10 Å². The van der Waals surface area contributed by atoms with Gasteiger partial charge in [-0.3, -0.25) is 9.59 Å². The van der Waals surface area contributed by atoms with Crippen LogP contribution in [0.3, 0.4) is 0 Å². The summed E-state index contributed by atoms with van der Waals surface area (Å²) in [5, 5.41) is 16.9. The molecular formula is C24H22ClN3O5. The van der Waals surface area contributed by atoms with Gasteiger partial charge in [-0.15, -0.1) is 0 Å². The zero-order valence-electron chi connectivity index (χ0n) is 18.1. The molecule has 0 radical (unpaired) electrons. The summed E-state index contributed by atoms with van der Waals surface area (Å²) in [6.45, 7) is 1.79. The van der Waals surface area contributed by atoms with E-state index >= 15 is 0 Å². The normalized spacial score (nSPS) is 14.0. The van der Waals surface area contributed by atoms with Gasteiger partial charge in [0.15, 0.2) is 5.76 Å². The number of rotatable bonds is 5. The van der Waals surface area contributed by atoms with Crippen LogP contribution >= 0.6 is 11.6 Å². The van der Waals surface area contributed by atoms with E-state index in [0.29, 0.717) is 51.9 Å². The number of amides is 2. The number of anilines is 1. The number of phenols is 1. The maximum atomic E-state index is 13.0. The summed E-state index contributed by atoms with van der Waals surface area (Å²) in [4.78, 5) is 25.4. The molecule has 0 bridgehead atoms. The molecular weight excluding hydrogens is 446 g/mol. The monoisotopic (exact) mass is 467 g/mol. The first kappa shape index (κ1) is 22.4. The fourth-order valence-corrected chi connectivity index (χ4v) is 3.92. The Morgan fingerprint density at radius 1 is 1.12 bits per heavy atom. The number of furan rings is 1. The molecule has 2 amide bonds. The van der Waals surface area contributed by atoms with Crippen molar-refractivity contribution in [2.75, 3.05) is 12.4 Å². The fraction of sp³-hybridized carbons (Fsp3) is 0.208. The predicted molar refractivity (Wildman–Crippen MR) is 124 cm³/mol. The van der Waals surface area contributed by atoms with Crippen LogP contribution in [0, 0.1) is 6.92 Å². The van der Waals surface area contributed by atoms with Gasteiger partial charge in [-0.2, -0.15) is 5.10 Å². The molecule has 1 aliphatic rings. The van der Waals surface area contributed by atoms with Gasteiger partial charge < -0.3 is 19.6 Å². The first-order chi connectivity index (χ1) is 15.9. The Hall–Kier alpha value is -3.78. The molecule has 170 valence electrons. The van der Waals surface area contributed by atoms with Crippen LogP contribution in [0.4, 0.5) is 5.69 Å². The number of aromatic hydroxyl groups is 1. The number of methoxy groups -OCH3 is 1. The minimum absolute atomic E-state index is 0.0741. The van der Waals surface area contributed by atoms with Gasteiger partial charge >= 0.3 is 0 Å². The lowest BCUT2D eigenvalue weighted by Gasteiger charge is -2.13. The van der Waals surface area contributed by atoms with Crippen molar-refractivity contribution in [2.45, 2.75) is 26.2 Å². The number of phenolic OH excluding ortho intramolecular Hbond substituents is 1. The molecule has 2 aromatic carbocycles. The Morgan fingerprint density at radius 3 is 2.61 bits per heavy atom. The molecule has 8 nitrogen and oxygen atoms in total. The SMILES string of the molecule is COc1ccc(Cl)cc1NC(=O)c1oc2c(c1C)/C(=N/NC(=O)c1ccc(O)cc1)CCC2. The third kappa shape index (κ3) is 4.70. The topological polar surface area (TPSA) is 113 Å². The highest BCUT2D eigenvalue weighted by Gasteiger charge is 2.28. The van der Waals surface area contributed by atoms with Gasteiger partial charge in [-0.1, -0.05) is 11.6 Å². The molecule has 0 fully saturated rings. The number of ether oxygens (including phenoxy) is 1. The summed E-state index contributed by atoms with van der Waals surface area (Å²) >= 11 is 6.06. The molecule has 0 spiro atoms. The van der Waals surface area contributed by atoms with Gasteiger partial charge in [0, 0.05) is 28.1 Å². The van der Waals surface area contributed by atoms with E-state index in [4.69, 9.17) is 20.8 Å². The lowest BCUT2D eigenvalue weighted by molar-refractivity contribution is 0.0953. The van der Waals surface area contributed by atoms with Gasteiger partial charge in [0.05, 0.1) is 18.5 Å². The van der Waals surface area contributed by atoms with Crippen molar-refractivity contribution in [1.82, 2.24) is 5.43 Å². The van der Waals surface area contributed by atoms with E-state index in [1.807, 2.05) is 0 Å². The van der Waals surface area contributed by atoms with Crippen LogP contribution in [0.15, 0.2) is 52.0 Å². The number of halogens is 1. The Kier molecular flexibility index (Phi) is 6.37. The first-order valence-corrected chi connectivity index (χ1v) is 10.7. The molecule has 0 aliphatic heterocycles. The van der Waals surface area contributed by atoms with Crippen LogP contribution in [0.2, 0.25) is 5.02 Å². The van der Waals surface area contributed by atoms with Crippen LogP contribution in [0.1, 0.15) is 50.6 Å². The van der Waals surface area contributed by atoms with E-state index in [2.05, 4.69) is 15.8 Å². The predicted octanol–water partition coefficient (Wildman–Crippen LogP) is 4.68. The third-order valence-corrected chi connectivity index (χ3v) is 5.60.